The topological polar surface area (TPSA) is 63.6 Å². The van der Waals surface area contributed by atoms with Crippen LogP contribution in [-0.2, 0) is 14.3 Å². The Morgan fingerprint density at radius 3 is 2.87 bits per heavy atom. The van der Waals surface area contributed by atoms with Crippen LogP contribution < -0.4 is 0 Å². The van der Waals surface area contributed by atoms with Gasteiger partial charge in [0.2, 0.25) is 0 Å². The van der Waals surface area contributed by atoms with Crippen molar-refractivity contribution in [3.05, 3.63) is 12.2 Å². The number of ether oxygens (including phenoxy) is 1. The molecule has 4 nitrogen and oxygen atoms in total. The van der Waals surface area contributed by atoms with Gasteiger partial charge in [-0.3, -0.25) is 9.59 Å². The normalized spacial score (nSPS) is 24.5. The van der Waals surface area contributed by atoms with E-state index in [1.165, 1.54) is 6.08 Å². The van der Waals surface area contributed by atoms with Crippen molar-refractivity contribution < 1.29 is 19.4 Å². The second-order valence-corrected chi connectivity index (χ2v) is 3.60. The lowest BCUT2D eigenvalue weighted by Crippen LogP contribution is -2.37. The van der Waals surface area contributed by atoms with Crippen LogP contribution >= 0.6 is 0 Å². The van der Waals surface area contributed by atoms with Crippen LogP contribution in [0.1, 0.15) is 26.2 Å². The fraction of sp³-hybridized carbons (Fsp3) is 0.636. The number of aliphatic hydroxyl groups excluding tert-OH is 1. The van der Waals surface area contributed by atoms with Gasteiger partial charge in [-0.2, -0.15) is 0 Å². The number of allylic oxidation sites excluding steroid dienone is 2. The van der Waals surface area contributed by atoms with E-state index in [9.17, 15) is 9.59 Å². The molecule has 0 aromatic carbocycles. The van der Waals surface area contributed by atoms with Crippen molar-refractivity contribution in [2.75, 3.05) is 13.2 Å². The molecule has 4 heteroatoms. The molecule has 0 radical (unpaired) electrons. The van der Waals surface area contributed by atoms with Gasteiger partial charge >= 0.3 is 5.97 Å². The molecule has 0 fully saturated rings. The third-order valence-electron chi connectivity index (χ3n) is 2.64. The zero-order valence-corrected chi connectivity index (χ0v) is 8.86. The molecule has 1 aliphatic carbocycles. The summed E-state index contributed by atoms with van der Waals surface area (Å²) in [7, 11) is 0. The fourth-order valence-electron chi connectivity index (χ4n) is 1.79. The minimum atomic E-state index is -1.06. The largest absolute Gasteiger partial charge is 0.465 e. The first-order valence-corrected chi connectivity index (χ1v) is 5.16. The summed E-state index contributed by atoms with van der Waals surface area (Å²) in [5.41, 5.74) is -1.06. The van der Waals surface area contributed by atoms with Crippen molar-refractivity contribution in [3.63, 3.8) is 0 Å². The van der Waals surface area contributed by atoms with Gasteiger partial charge in [0.1, 0.15) is 5.41 Å². The van der Waals surface area contributed by atoms with Gasteiger partial charge in [0, 0.05) is 6.61 Å². The third kappa shape index (κ3) is 2.26. The van der Waals surface area contributed by atoms with E-state index in [1.807, 2.05) is 0 Å². The van der Waals surface area contributed by atoms with Crippen molar-refractivity contribution in [2.45, 2.75) is 26.2 Å². The van der Waals surface area contributed by atoms with E-state index < -0.39 is 11.4 Å². The summed E-state index contributed by atoms with van der Waals surface area (Å²) in [5, 5.41) is 8.76. The Kier molecular flexibility index (Phi) is 4.03. The lowest BCUT2D eigenvalue weighted by atomic mass is 9.80. The molecule has 0 aliphatic heterocycles. The molecule has 1 atom stereocenters. The minimum Gasteiger partial charge on any atom is -0.465 e. The lowest BCUT2D eigenvalue weighted by Gasteiger charge is -2.24. The van der Waals surface area contributed by atoms with E-state index in [0.29, 0.717) is 19.3 Å². The molecule has 0 heterocycles. The molecule has 0 amide bonds. The van der Waals surface area contributed by atoms with E-state index in [1.54, 1.807) is 13.0 Å². The Hall–Kier alpha value is -1.16. The highest BCUT2D eigenvalue weighted by molar-refractivity contribution is 6.11. The number of ketones is 1. The zero-order valence-electron chi connectivity index (χ0n) is 8.86. The van der Waals surface area contributed by atoms with E-state index >= 15 is 0 Å². The zero-order chi connectivity index (χ0) is 11.3. The molecule has 0 saturated carbocycles. The molecule has 1 rings (SSSR count). The molecule has 0 aromatic rings. The van der Waals surface area contributed by atoms with Crippen molar-refractivity contribution in [2.24, 2.45) is 5.41 Å². The Labute approximate surface area is 88.9 Å². The van der Waals surface area contributed by atoms with Crippen LogP contribution in [0.15, 0.2) is 12.2 Å². The van der Waals surface area contributed by atoms with Crippen LogP contribution in [0, 0.1) is 5.41 Å². The highest BCUT2D eigenvalue weighted by Crippen LogP contribution is 2.36. The molecule has 1 aliphatic rings. The first-order chi connectivity index (χ1) is 7.17. The summed E-state index contributed by atoms with van der Waals surface area (Å²) in [6, 6.07) is 0. The molecule has 0 unspecified atom stereocenters. The minimum absolute atomic E-state index is 0.0194. The Bertz CT molecular complexity index is 282. The van der Waals surface area contributed by atoms with E-state index in [-0.39, 0.29) is 19.0 Å². The standard InChI is InChI=1S/C11H16O4/c1-2-15-10(14)11(7-4-8-12)6-3-5-9(11)13/h3,5,12H,2,4,6-8H2,1H3/t11-/m1/s1. The number of hydrogen-bond donors (Lipinski definition) is 1. The molecular weight excluding hydrogens is 196 g/mol. The van der Waals surface area contributed by atoms with E-state index in [2.05, 4.69) is 0 Å². The highest BCUT2D eigenvalue weighted by Gasteiger charge is 2.46. The Morgan fingerprint density at radius 2 is 2.40 bits per heavy atom. The summed E-state index contributed by atoms with van der Waals surface area (Å²) in [6.45, 7) is 1.96. The van der Waals surface area contributed by atoms with Gasteiger partial charge in [-0.25, -0.2) is 0 Å². The van der Waals surface area contributed by atoms with Gasteiger partial charge in [0.15, 0.2) is 5.78 Å². The number of carbonyl (C=O) groups excluding carboxylic acids is 2. The SMILES string of the molecule is CCOC(=O)[C@@]1(CCCO)CC=CC1=O. The van der Waals surface area contributed by atoms with Crippen LogP contribution in [0.3, 0.4) is 0 Å². The maximum Gasteiger partial charge on any atom is 0.320 e. The van der Waals surface area contributed by atoms with Gasteiger partial charge in [-0.1, -0.05) is 6.08 Å². The maximum atomic E-state index is 11.7. The summed E-state index contributed by atoms with van der Waals surface area (Å²) < 4.78 is 4.92. The van der Waals surface area contributed by atoms with Crippen LogP contribution in [0.25, 0.3) is 0 Å². The molecule has 84 valence electrons. The number of carbonyl (C=O) groups is 2. The predicted molar refractivity (Wildman–Crippen MR) is 54.1 cm³/mol. The van der Waals surface area contributed by atoms with Crippen LogP contribution in [0.2, 0.25) is 0 Å². The molecule has 0 aromatic heterocycles. The van der Waals surface area contributed by atoms with Crippen molar-refractivity contribution >= 4 is 11.8 Å². The second kappa shape index (κ2) is 5.07. The number of aliphatic hydroxyl groups is 1. The number of esters is 1. The molecular formula is C11H16O4. The van der Waals surface area contributed by atoms with Gasteiger partial charge in [0.05, 0.1) is 6.61 Å². The summed E-state index contributed by atoms with van der Waals surface area (Å²) in [5.74, 6) is -0.664. The number of hydrogen-bond acceptors (Lipinski definition) is 4. The molecule has 0 saturated heterocycles. The van der Waals surface area contributed by atoms with Gasteiger partial charge < -0.3 is 9.84 Å². The second-order valence-electron chi connectivity index (χ2n) is 3.60. The van der Waals surface area contributed by atoms with Crippen LogP contribution in [0.5, 0.6) is 0 Å². The van der Waals surface area contributed by atoms with Crippen LogP contribution in [0.4, 0.5) is 0 Å². The summed E-state index contributed by atoms with van der Waals surface area (Å²) in [6.07, 6.45) is 4.30. The van der Waals surface area contributed by atoms with Gasteiger partial charge in [-0.05, 0) is 32.3 Å². The molecule has 15 heavy (non-hydrogen) atoms. The first-order valence-electron chi connectivity index (χ1n) is 5.16. The lowest BCUT2D eigenvalue weighted by molar-refractivity contribution is -0.158. The molecule has 0 spiro atoms. The molecule has 1 N–H and O–H groups in total. The molecule has 0 bridgehead atoms. The average Bonchev–Trinajstić information content (AvgIpc) is 2.58. The third-order valence-corrected chi connectivity index (χ3v) is 2.64. The van der Waals surface area contributed by atoms with Crippen molar-refractivity contribution in [3.8, 4) is 0 Å². The van der Waals surface area contributed by atoms with Crippen molar-refractivity contribution in [1.29, 1.82) is 0 Å². The fourth-order valence-corrected chi connectivity index (χ4v) is 1.79. The average molecular weight is 212 g/mol. The monoisotopic (exact) mass is 212 g/mol. The van der Waals surface area contributed by atoms with E-state index in [4.69, 9.17) is 9.84 Å². The van der Waals surface area contributed by atoms with E-state index in [0.717, 1.165) is 0 Å². The van der Waals surface area contributed by atoms with Gasteiger partial charge in [0.25, 0.3) is 0 Å². The van der Waals surface area contributed by atoms with Crippen molar-refractivity contribution in [1.82, 2.24) is 0 Å². The van der Waals surface area contributed by atoms with Gasteiger partial charge in [-0.15, -0.1) is 0 Å². The Morgan fingerprint density at radius 1 is 1.67 bits per heavy atom. The Balaban J connectivity index is 2.77. The smallest absolute Gasteiger partial charge is 0.320 e. The predicted octanol–water partition coefficient (Wildman–Crippen LogP) is 0.837. The highest BCUT2D eigenvalue weighted by atomic mass is 16.5. The first kappa shape index (κ1) is 11.9. The number of rotatable bonds is 5. The summed E-state index contributed by atoms with van der Waals surface area (Å²) in [4.78, 5) is 23.4. The maximum absolute atomic E-state index is 11.7. The van der Waals surface area contributed by atoms with Crippen LogP contribution in [-0.4, -0.2) is 30.1 Å². The quantitative estimate of drug-likeness (QED) is 0.541. The summed E-state index contributed by atoms with van der Waals surface area (Å²) >= 11 is 0.